The number of carbonyl (C=O) groups excluding carboxylic acids is 1. The number of nitrogens with zero attached hydrogens (tertiary/aromatic N) is 1. The van der Waals surface area contributed by atoms with Crippen LogP contribution >= 0.6 is 0 Å². The zero-order valence-electron chi connectivity index (χ0n) is 13.6. The van der Waals surface area contributed by atoms with E-state index in [1.807, 2.05) is 19.1 Å². The molecule has 3 rings (SSSR count). The van der Waals surface area contributed by atoms with Crippen LogP contribution in [0, 0.1) is 12.7 Å². The number of ether oxygens (including phenoxy) is 1. The summed E-state index contributed by atoms with van der Waals surface area (Å²) in [5.41, 5.74) is 2.93. The molecule has 24 heavy (non-hydrogen) atoms. The van der Waals surface area contributed by atoms with Gasteiger partial charge < -0.3 is 14.8 Å². The van der Waals surface area contributed by atoms with E-state index < -0.39 is 17.9 Å². The average molecular weight is 328 g/mol. The Kier molecular flexibility index (Phi) is 4.07. The van der Waals surface area contributed by atoms with E-state index in [0.29, 0.717) is 11.1 Å². The lowest BCUT2D eigenvalue weighted by molar-refractivity contribution is 0.0600. The van der Waals surface area contributed by atoms with Gasteiger partial charge in [-0.2, -0.15) is 0 Å². The summed E-state index contributed by atoms with van der Waals surface area (Å²) in [4.78, 5) is 19.2. The Labute approximate surface area is 138 Å². The fourth-order valence-electron chi connectivity index (χ4n) is 2.82. The van der Waals surface area contributed by atoms with Crippen molar-refractivity contribution in [2.75, 3.05) is 7.11 Å². The molecule has 0 saturated heterocycles. The predicted octanol–water partition coefficient (Wildman–Crippen LogP) is 3.52. The molecular formula is C18H17FN2O3. The molecular weight excluding hydrogens is 311 g/mol. The highest BCUT2D eigenvalue weighted by molar-refractivity contribution is 5.92. The molecule has 5 nitrogen and oxygen atoms in total. The second-order valence-corrected chi connectivity index (χ2v) is 5.64. The first-order valence-corrected chi connectivity index (χ1v) is 7.47. The summed E-state index contributed by atoms with van der Waals surface area (Å²) in [6.07, 6.45) is -1.02. The number of esters is 1. The van der Waals surface area contributed by atoms with Crippen molar-refractivity contribution in [1.82, 2.24) is 9.97 Å². The number of carbonyl (C=O) groups is 1. The second-order valence-electron chi connectivity index (χ2n) is 5.64. The monoisotopic (exact) mass is 328 g/mol. The summed E-state index contributed by atoms with van der Waals surface area (Å²) in [5.74, 6) is -0.512. The van der Waals surface area contributed by atoms with Crippen molar-refractivity contribution in [3.63, 3.8) is 0 Å². The maximum Gasteiger partial charge on any atom is 0.337 e. The minimum Gasteiger partial charge on any atom is -0.465 e. The number of hydrogen-bond donors (Lipinski definition) is 2. The number of methoxy groups -OCH3 is 1. The highest BCUT2D eigenvalue weighted by Gasteiger charge is 2.20. The van der Waals surface area contributed by atoms with Crippen LogP contribution in [0.3, 0.4) is 0 Å². The first-order valence-electron chi connectivity index (χ1n) is 7.47. The lowest BCUT2D eigenvalue weighted by Crippen LogP contribution is -2.06. The fourth-order valence-corrected chi connectivity index (χ4v) is 2.82. The third-order valence-corrected chi connectivity index (χ3v) is 3.88. The summed E-state index contributed by atoms with van der Waals surface area (Å²) in [6.45, 7) is 3.33. The third-order valence-electron chi connectivity index (χ3n) is 3.88. The molecule has 1 heterocycles. The number of aliphatic hydroxyl groups is 1. The number of halogens is 1. The zero-order valence-corrected chi connectivity index (χ0v) is 13.6. The smallest absolute Gasteiger partial charge is 0.337 e. The van der Waals surface area contributed by atoms with E-state index in [4.69, 9.17) is 0 Å². The molecule has 2 aromatic carbocycles. The topological polar surface area (TPSA) is 75.2 Å². The molecule has 1 atom stereocenters. The van der Waals surface area contributed by atoms with Gasteiger partial charge in [0, 0.05) is 5.56 Å². The number of H-pyrrole nitrogens is 1. The van der Waals surface area contributed by atoms with Crippen molar-refractivity contribution in [2.24, 2.45) is 0 Å². The number of hydrogen-bond acceptors (Lipinski definition) is 4. The van der Waals surface area contributed by atoms with Gasteiger partial charge in [0.05, 0.1) is 29.8 Å². The summed E-state index contributed by atoms with van der Waals surface area (Å²) in [7, 11) is 1.24. The van der Waals surface area contributed by atoms with Crippen LogP contribution in [0.4, 0.5) is 4.39 Å². The molecule has 1 unspecified atom stereocenters. The number of rotatable bonds is 3. The molecule has 0 amide bonds. The minimum atomic E-state index is -1.02. The van der Waals surface area contributed by atoms with Crippen LogP contribution in [0.25, 0.3) is 22.2 Å². The molecule has 0 aliphatic rings. The van der Waals surface area contributed by atoms with Gasteiger partial charge in [0.2, 0.25) is 0 Å². The normalized spacial score (nSPS) is 12.4. The number of aromatic nitrogens is 2. The van der Waals surface area contributed by atoms with E-state index in [2.05, 4.69) is 14.7 Å². The van der Waals surface area contributed by atoms with Crippen LogP contribution in [-0.2, 0) is 4.74 Å². The van der Waals surface area contributed by atoms with Crippen LogP contribution in [-0.4, -0.2) is 28.2 Å². The molecule has 0 fully saturated rings. The Morgan fingerprint density at radius 3 is 2.75 bits per heavy atom. The highest BCUT2D eigenvalue weighted by atomic mass is 19.1. The molecule has 3 aromatic rings. The summed E-state index contributed by atoms with van der Waals surface area (Å²) in [6, 6.07) is 8.02. The number of fused-ring (bicyclic) bond motifs is 1. The standard InChI is InChI=1S/C18H17FN2O3/c1-9(22)17-13(6-12(7-14(17)19)18(23)24-3)11-4-5-15-16(8-11)21-10(2)20-15/h4-9,22H,1-3H3,(H,20,21). The number of aromatic amines is 1. The van der Waals surface area contributed by atoms with E-state index in [1.54, 1.807) is 6.07 Å². The predicted molar refractivity (Wildman–Crippen MR) is 88.2 cm³/mol. The molecule has 124 valence electrons. The lowest BCUT2D eigenvalue weighted by Gasteiger charge is -2.15. The van der Waals surface area contributed by atoms with Crippen LogP contribution in [0.1, 0.15) is 34.8 Å². The number of imidazole rings is 1. The van der Waals surface area contributed by atoms with Gasteiger partial charge in [-0.25, -0.2) is 14.2 Å². The largest absolute Gasteiger partial charge is 0.465 e. The molecule has 0 saturated carbocycles. The molecule has 0 aliphatic heterocycles. The highest BCUT2D eigenvalue weighted by Crippen LogP contribution is 2.33. The zero-order chi connectivity index (χ0) is 17.4. The van der Waals surface area contributed by atoms with Crippen molar-refractivity contribution >= 4 is 17.0 Å². The Balaban J connectivity index is 2.25. The van der Waals surface area contributed by atoms with Crippen molar-refractivity contribution in [3.05, 3.63) is 53.1 Å². The Bertz CT molecular complexity index is 931. The number of aryl methyl sites for hydroxylation is 1. The molecule has 0 bridgehead atoms. The molecule has 1 aromatic heterocycles. The van der Waals surface area contributed by atoms with Gasteiger partial charge in [0.1, 0.15) is 11.6 Å². The number of aliphatic hydroxyl groups excluding tert-OH is 1. The Morgan fingerprint density at radius 1 is 1.33 bits per heavy atom. The van der Waals surface area contributed by atoms with Crippen LogP contribution in [0.2, 0.25) is 0 Å². The SMILES string of the molecule is COC(=O)c1cc(F)c(C(C)O)c(-c2ccc3nc(C)[nH]c3c2)c1. The quantitative estimate of drug-likeness (QED) is 0.721. The third kappa shape index (κ3) is 2.76. The van der Waals surface area contributed by atoms with Crippen LogP contribution < -0.4 is 0 Å². The molecule has 6 heteroatoms. The molecule has 0 radical (unpaired) electrons. The van der Waals surface area contributed by atoms with Crippen molar-refractivity contribution in [1.29, 1.82) is 0 Å². The fraction of sp³-hybridized carbons (Fsp3) is 0.222. The van der Waals surface area contributed by atoms with Gasteiger partial charge in [0.25, 0.3) is 0 Å². The van der Waals surface area contributed by atoms with Crippen molar-refractivity contribution < 1.29 is 19.0 Å². The van der Waals surface area contributed by atoms with Crippen molar-refractivity contribution in [2.45, 2.75) is 20.0 Å². The lowest BCUT2D eigenvalue weighted by atomic mass is 9.93. The first kappa shape index (κ1) is 16.1. The summed E-state index contributed by atoms with van der Waals surface area (Å²) < 4.78 is 19.1. The van der Waals surface area contributed by atoms with Gasteiger partial charge in [0.15, 0.2) is 0 Å². The summed E-state index contributed by atoms with van der Waals surface area (Å²) >= 11 is 0. The van der Waals surface area contributed by atoms with E-state index in [1.165, 1.54) is 20.1 Å². The van der Waals surface area contributed by atoms with Gasteiger partial charge in [-0.05, 0) is 49.2 Å². The average Bonchev–Trinajstić information content (AvgIpc) is 2.91. The van der Waals surface area contributed by atoms with Gasteiger partial charge in [-0.1, -0.05) is 6.07 Å². The Morgan fingerprint density at radius 2 is 2.08 bits per heavy atom. The van der Waals surface area contributed by atoms with E-state index in [9.17, 15) is 14.3 Å². The first-order chi connectivity index (χ1) is 11.4. The molecule has 0 spiro atoms. The van der Waals surface area contributed by atoms with Gasteiger partial charge in [-0.15, -0.1) is 0 Å². The molecule has 0 aliphatic carbocycles. The van der Waals surface area contributed by atoms with Crippen LogP contribution in [0.5, 0.6) is 0 Å². The minimum absolute atomic E-state index is 0.0929. The van der Waals surface area contributed by atoms with Crippen molar-refractivity contribution in [3.8, 4) is 11.1 Å². The van der Waals surface area contributed by atoms with E-state index in [0.717, 1.165) is 22.9 Å². The Hall–Kier alpha value is -2.73. The van der Waals surface area contributed by atoms with E-state index >= 15 is 0 Å². The molecule has 2 N–H and O–H groups in total. The number of nitrogens with one attached hydrogen (secondary N) is 1. The second kappa shape index (κ2) is 6.05. The maximum absolute atomic E-state index is 14.5. The van der Waals surface area contributed by atoms with Crippen LogP contribution in [0.15, 0.2) is 30.3 Å². The maximum atomic E-state index is 14.5. The van der Waals surface area contributed by atoms with E-state index in [-0.39, 0.29) is 11.1 Å². The number of benzene rings is 2. The van der Waals surface area contributed by atoms with Gasteiger partial charge >= 0.3 is 5.97 Å². The summed E-state index contributed by atoms with van der Waals surface area (Å²) in [5, 5.41) is 9.97. The van der Waals surface area contributed by atoms with Gasteiger partial charge in [-0.3, -0.25) is 0 Å².